The number of alkyl halides is 3. The van der Waals surface area contributed by atoms with Crippen LogP contribution >= 0.6 is 11.8 Å². The van der Waals surface area contributed by atoms with Crippen molar-refractivity contribution in [3.8, 4) is 0 Å². The Morgan fingerprint density at radius 2 is 1.66 bits per heavy atom. The molecule has 0 amide bonds. The number of para-hydroxylation sites is 1. The van der Waals surface area contributed by atoms with E-state index < -0.39 is 5.51 Å². The van der Waals surface area contributed by atoms with Gasteiger partial charge in [0, 0.05) is 37.0 Å². The highest BCUT2D eigenvalue weighted by molar-refractivity contribution is 8.00. The number of benzene rings is 2. The minimum absolute atomic E-state index is 0. The first kappa shape index (κ1) is 27.1. The molecule has 2 aromatic carbocycles. The second-order valence-corrected chi connectivity index (χ2v) is 10.0. The molecular weight excluding hydrogens is 471 g/mol. The molecular formula is C26H34F3N5S. The van der Waals surface area contributed by atoms with Gasteiger partial charge in [0.25, 0.3) is 0 Å². The van der Waals surface area contributed by atoms with Gasteiger partial charge in [0.05, 0.1) is 5.52 Å². The van der Waals surface area contributed by atoms with Crippen molar-refractivity contribution in [1.82, 2.24) is 15.3 Å². The molecule has 4 rings (SSSR count). The van der Waals surface area contributed by atoms with Crippen molar-refractivity contribution in [2.45, 2.75) is 56.1 Å². The van der Waals surface area contributed by atoms with Crippen LogP contribution in [0, 0.1) is 5.92 Å². The van der Waals surface area contributed by atoms with Crippen molar-refractivity contribution >= 4 is 34.4 Å². The van der Waals surface area contributed by atoms with Crippen molar-refractivity contribution in [2.24, 2.45) is 5.92 Å². The van der Waals surface area contributed by atoms with Crippen molar-refractivity contribution < 1.29 is 13.2 Å². The molecule has 2 N–H and O–H groups in total. The third-order valence-electron chi connectivity index (χ3n) is 6.13. The quantitative estimate of drug-likeness (QED) is 0.332. The van der Waals surface area contributed by atoms with Gasteiger partial charge in [-0.25, -0.2) is 4.98 Å². The van der Waals surface area contributed by atoms with Gasteiger partial charge in [-0.2, -0.15) is 18.2 Å². The Morgan fingerprint density at radius 3 is 2.37 bits per heavy atom. The summed E-state index contributed by atoms with van der Waals surface area (Å²) in [5, 5.41) is 7.92. The monoisotopic (exact) mass is 505 g/mol. The maximum atomic E-state index is 12.8. The molecule has 0 saturated heterocycles. The average molecular weight is 506 g/mol. The van der Waals surface area contributed by atoms with Crippen LogP contribution in [0.2, 0.25) is 0 Å². The van der Waals surface area contributed by atoms with E-state index in [2.05, 4.69) is 10.6 Å². The van der Waals surface area contributed by atoms with Crippen molar-refractivity contribution in [3.63, 3.8) is 0 Å². The van der Waals surface area contributed by atoms with E-state index in [4.69, 9.17) is 9.97 Å². The topological polar surface area (TPSA) is 53.1 Å². The molecule has 1 aliphatic rings. The average Bonchev–Trinajstić information content (AvgIpc) is 2.80. The molecule has 3 aromatic rings. The zero-order chi connectivity index (χ0) is 24.1. The van der Waals surface area contributed by atoms with Gasteiger partial charge in [-0.15, -0.1) is 0 Å². The fourth-order valence-corrected chi connectivity index (χ4v) is 5.11. The van der Waals surface area contributed by atoms with Gasteiger partial charge in [0.2, 0.25) is 5.95 Å². The lowest BCUT2D eigenvalue weighted by molar-refractivity contribution is -0.0328. The predicted octanol–water partition coefficient (Wildman–Crippen LogP) is 6.70. The summed E-state index contributed by atoms with van der Waals surface area (Å²) in [6.45, 7) is 1.24. The Labute approximate surface area is 209 Å². The lowest BCUT2D eigenvalue weighted by Crippen LogP contribution is -2.31. The Kier molecular flexibility index (Phi) is 9.24. The normalized spacial score (nSPS) is 18.2. The maximum Gasteiger partial charge on any atom is 0.446 e. The first-order chi connectivity index (χ1) is 16.3. The number of halogens is 3. The summed E-state index contributed by atoms with van der Waals surface area (Å²) in [6, 6.07) is 15.0. The second-order valence-electron chi connectivity index (χ2n) is 8.93. The van der Waals surface area contributed by atoms with Crippen LogP contribution in [-0.4, -0.2) is 42.2 Å². The number of anilines is 2. The largest absolute Gasteiger partial charge is 0.446 e. The van der Waals surface area contributed by atoms with Gasteiger partial charge < -0.3 is 15.5 Å². The molecule has 1 aromatic heterocycles. The number of fused-ring (bicyclic) bond motifs is 1. The van der Waals surface area contributed by atoms with E-state index in [1.807, 2.05) is 43.3 Å². The smallest absolute Gasteiger partial charge is 0.362 e. The summed E-state index contributed by atoms with van der Waals surface area (Å²) in [5.74, 6) is 2.06. The summed E-state index contributed by atoms with van der Waals surface area (Å²) in [6.07, 6.45) is 4.14. The first-order valence-electron chi connectivity index (χ1n) is 11.5. The second kappa shape index (κ2) is 11.9. The summed E-state index contributed by atoms with van der Waals surface area (Å²) >= 11 is -0.0453. The van der Waals surface area contributed by atoms with Gasteiger partial charge in [-0.1, -0.05) is 37.8 Å². The maximum absolute atomic E-state index is 12.8. The lowest BCUT2D eigenvalue weighted by atomic mass is 9.86. The molecule has 0 bridgehead atoms. The molecule has 0 spiro atoms. The van der Waals surface area contributed by atoms with Crippen LogP contribution in [0.15, 0.2) is 53.4 Å². The van der Waals surface area contributed by atoms with E-state index in [1.54, 1.807) is 18.2 Å². The minimum atomic E-state index is -4.27. The Morgan fingerprint density at radius 1 is 0.971 bits per heavy atom. The van der Waals surface area contributed by atoms with Crippen LogP contribution in [0.25, 0.3) is 10.9 Å². The molecule has 1 saturated carbocycles. The van der Waals surface area contributed by atoms with E-state index in [0.29, 0.717) is 30.0 Å². The molecule has 0 unspecified atom stereocenters. The number of nitrogens with zero attached hydrogens (tertiary/aromatic N) is 3. The Bertz CT molecular complexity index is 1100. The molecule has 1 heterocycles. The molecule has 0 aliphatic heterocycles. The molecule has 1 fully saturated rings. The van der Waals surface area contributed by atoms with Gasteiger partial charge in [0.15, 0.2) is 0 Å². The zero-order valence-corrected chi connectivity index (χ0v) is 20.2. The van der Waals surface area contributed by atoms with Gasteiger partial charge in [-0.05, 0) is 73.7 Å². The standard InChI is InChI=1S/C25H30F3N5S.CH4/c1-33(2)23-20-8-4-5-9-21(20)31-24(32-23)30-19-13-11-17(12-14-19)15-29-16-18-7-3-6-10-22(18)34-25(26,27)28;/h3-10,17,19,29H,11-16H2,1-2H3,(H,30,31,32);1H4. The van der Waals surface area contributed by atoms with Crippen LogP contribution in [-0.2, 0) is 6.54 Å². The molecule has 9 heteroatoms. The minimum Gasteiger partial charge on any atom is -0.362 e. The molecule has 5 nitrogen and oxygen atoms in total. The summed E-state index contributed by atoms with van der Waals surface area (Å²) < 4.78 is 38.4. The van der Waals surface area contributed by atoms with E-state index in [9.17, 15) is 13.2 Å². The van der Waals surface area contributed by atoms with Crippen LogP contribution in [0.1, 0.15) is 38.7 Å². The molecule has 0 radical (unpaired) electrons. The van der Waals surface area contributed by atoms with Crippen molar-refractivity contribution in [1.29, 1.82) is 0 Å². The van der Waals surface area contributed by atoms with Crippen LogP contribution in [0.3, 0.4) is 0 Å². The highest BCUT2D eigenvalue weighted by Gasteiger charge is 2.30. The van der Waals surface area contributed by atoms with Crippen LogP contribution in [0.5, 0.6) is 0 Å². The Hall–Kier alpha value is -2.52. The fraction of sp³-hybridized carbons (Fsp3) is 0.462. The third-order valence-corrected chi connectivity index (χ3v) is 6.98. The highest BCUT2D eigenvalue weighted by Crippen LogP contribution is 2.38. The Balaban J connectivity index is 0.00000342. The SMILES string of the molecule is C.CN(C)c1nc(NC2CCC(CNCc3ccccc3SC(F)(F)F)CC2)nc2ccccc12. The van der Waals surface area contributed by atoms with Crippen LogP contribution < -0.4 is 15.5 Å². The number of thioether (sulfide) groups is 1. The number of nitrogens with one attached hydrogen (secondary N) is 2. The number of hydrogen-bond acceptors (Lipinski definition) is 6. The fourth-order valence-electron chi connectivity index (χ4n) is 4.44. The van der Waals surface area contributed by atoms with Crippen molar-refractivity contribution in [2.75, 3.05) is 30.9 Å². The van der Waals surface area contributed by atoms with Crippen LogP contribution in [0.4, 0.5) is 24.9 Å². The molecule has 0 atom stereocenters. The van der Waals surface area contributed by atoms with Gasteiger partial charge in [0.1, 0.15) is 5.82 Å². The number of rotatable bonds is 8. The zero-order valence-electron chi connectivity index (χ0n) is 19.4. The highest BCUT2D eigenvalue weighted by atomic mass is 32.2. The number of aromatic nitrogens is 2. The van der Waals surface area contributed by atoms with E-state index in [0.717, 1.165) is 48.9 Å². The summed E-state index contributed by atoms with van der Waals surface area (Å²) in [7, 11) is 3.97. The van der Waals surface area contributed by atoms with Gasteiger partial charge >= 0.3 is 5.51 Å². The molecule has 190 valence electrons. The van der Waals surface area contributed by atoms with E-state index in [1.165, 1.54) is 6.07 Å². The lowest BCUT2D eigenvalue weighted by Gasteiger charge is -2.29. The first-order valence-corrected chi connectivity index (χ1v) is 12.3. The van der Waals surface area contributed by atoms with Crippen molar-refractivity contribution in [3.05, 3.63) is 54.1 Å². The molecule has 1 aliphatic carbocycles. The van der Waals surface area contributed by atoms with Gasteiger partial charge in [-0.3, -0.25) is 0 Å². The predicted molar refractivity (Wildman–Crippen MR) is 140 cm³/mol. The third kappa shape index (κ3) is 7.48. The van der Waals surface area contributed by atoms with E-state index in [-0.39, 0.29) is 24.1 Å². The van der Waals surface area contributed by atoms with E-state index >= 15 is 0 Å². The summed E-state index contributed by atoms with van der Waals surface area (Å²) in [5.41, 5.74) is -2.67. The molecule has 35 heavy (non-hydrogen) atoms. The summed E-state index contributed by atoms with van der Waals surface area (Å²) in [4.78, 5) is 11.7. The number of hydrogen-bond donors (Lipinski definition) is 2.